The summed E-state index contributed by atoms with van der Waals surface area (Å²) in [6.07, 6.45) is 1.68. The summed E-state index contributed by atoms with van der Waals surface area (Å²) < 4.78 is 25.5. The normalized spacial score (nSPS) is 20.6. The number of hydrogen-bond donors (Lipinski definition) is 2. The van der Waals surface area contributed by atoms with Crippen LogP contribution in [0, 0.1) is 11.6 Å². The molecule has 0 aromatic heterocycles. The van der Waals surface area contributed by atoms with Crippen molar-refractivity contribution >= 4 is 0 Å². The lowest BCUT2D eigenvalue weighted by molar-refractivity contribution is 0.495. The highest BCUT2D eigenvalue weighted by molar-refractivity contribution is 5.27. The summed E-state index contributed by atoms with van der Waals surface area (Å²) in [5, 5.41) is 0. The van der Waals surface area contributed by atoms with Gasteiger partial charge in [-0.1, -0.05) is 6.07 Å². The first-order valence-corrected chi connectivity index (χ1v) is 4.52. The molecule has 0 amide bonds. The van der Waals surface area contributed by atoms with Crippen LogP contribution in [0.4, 0.5) is 8.78 Å². The fraction of sp³-hybridized carbons (Fsp3) is 0.400. The molecule has 14 heavy (non-hydrogen) atoms. The standard InChI is InChI=1S/C10H12F2N2/c11-7-2-1-6(5-8(7)12)9(13)10(14)3-4-10/h1-2,5,9H,3-4,13-14H2. The Balaban J connectivity index is 2.28. The molecule has 1 fully saturated rings. The monoisotopic (exact) mass is 198 g/mol. The van der Waals surface area contributed by atoms with Gasteiger partial charge in [-0.25, -0.2) is 8.78 Å². The van der Waals surface area contributed by atoms with Crippen LogP contribution >= 0.6 is 0 Å². The number of benzene rings is 1. The second kappa shape index (κ2) is 3.00. The highest BCUT2D eigenvalue weighted by Crippen LogP contribution is 2.42. The molecular weight excluding hydrogens is 186 g/mol. The van der Waals surface area contributed by atoms with E-state index in [0.717, 1.165) is 25.0 Å². The second-order valence-corrected chi connectivity index (χ2v) is 3.88. The average Bonchev–Trinajstić information content (AvgIpc) is 2.89. The van der Waals surface area contributed by atoms with E-state index >= 15 is 0 Å². The van der Waals surface area contributed by atoms with E-state index in [1.807, 2.05) is 0 Å². The van der Waals surface area contributed by atoms with Crippen molar-refractivity contribution in [2.45, 2.75) is 24.4 Å². The number of rotatable bonds is 2. The Hall–Kier alpha value is -1.00. The minimum Gasteiger partial charge on any atom is -0.323 e. The van der Waals surface area contributed by atoms with Gasteiger partial charge in [-0.3, -0.25) is 0 Å². The number of halogens is 2. The summed E-state index contributed by atoms with van der Waals surface area (Å²) in [6.45, 7) is 0. The van der Waals surface area contributed by atoms with E-state index in [2.05, 4.69) is 0 Å². The van der Waals surface area contributed by atoms with Crippen LogP contribution in [0.3, 0.4) is 0 Å². The number of hydrogen-bond acceptors (Lipinski definition) is 2. The molecule has 1 atom stereocenters. The zero-order valence-electron chi connectivity index (χ0n) is 7.63. The first kappa shape index (κ1) is 9.55. The van der Waals surface area contributed by atoms with E-state index in [1.165, 1.54) is 6.07 Å². The second-order valence-electron chi connectivity index (χ2n) is 3.88. The summed E-state index contributed by atoms with van der Waals surface area (Å²) in [5.74, 6) is -1.73. The van der Waals surface area contributed by atoms with Crippen molar-refractivity contribution in [3.63, 3.8) is 0 Å². The molecule has 0 aliphatic heterocycles. The molecular formula is C10H12F2N2. The highest BCUT2D eigenvalue weighted by Gasteiger charge is 2.44. The lowest BCUT2D eigenvalue weighted by atomic mass is 9.99. The third-order valence-corrected chi connectivity index (χ3v) is 2.75. The Morgan fingerprint density at radius 3 is 2.36 bits per heavy atom. The van der Waals surface area contributed by atoms with Gasteiger partial charge in [0.25, 0.3) is 0 Å². The zero-order valence-corrected chi connectivity index (χ0v) is 7.63. The van der Waals surface area contributed by atoms with Crippen LogP contribution in [-0.4, -0.2) is 5.54 Å². The minimum absolute atomic E-state index is 0.405. The van der Waals surface area contributed by atoms with Crippen molar-refractivity contribution in [3.05, 3.63) is 35.4 Å². The lowest BCUT2D eigenvalue weighted by Gasteiger charge is -2.19. The van der Waals surface area contributed by atoms with Crippen LogP contribution in [0.1, 0.15) is 24.4 Å². The summed E-state index contributed by atoms with van der Waals surface area (Å²) in [7, 11) is 0. The van der Waals surface area contributed by atoms with Gasteiger partial charge in [-0.05, 0) is 30.5 Å². The minimum atomic E-state index is -0.873. The van der Waals surface area contributed by atoms with Gasteiger partial charge in [0.15, 0.2) is 11.6 Å². The Morgan fingerprint density at radius 1 is 1.21 bits per heavy atom. The molecule has 0 bridgehead atoms. The summed E-state index contributed by atoms with van der Waals surface area (Å²) in [4.78, 5) is 0. The van der Waals surface area contributed by atoms with Crippen LogP contribution in [0.2, 0.25) is 0 Å². The predicted octanol–water partition coefficient (Wildman–Crippen LogP) is 1.46. The Kier molecular flexibility index (Phi) is 2.05. The van der Waals surface area contributed by atoms with Gasteiger partial charge in [0.05, 0.1) is 0 Å². The molecule has 0 spiro atoms. The molecule has 0 heterocycles. The molecule has 4 N–H and O–H groups in total. The Morgan fingerprint density at radius 2 is 1.86 bits per heavy atom. The third-order valence-electron chi connectivity index (χ3n) is 2.75. The van der Waals surface area contributed by atoms with Crippen LogP contribution < -0.4 is 11.5 Å². The smallest absolute Gasteiger partial charge is 0.159 e. The third kappa shape index (κ3) is 1.51. The quantitative estimate of drug-likeness (QED) is 0.755. The maximum absolute atomic E-state index is 12.9. The largest absolute Gasteiger partial charge is 0.323 e. The molecule has 1 aliphatic carbocycles. The lowest BCUT2D eigenvalue weighted by Crippen LogP contribution is -2.36. The summed E-state index contributed by atoms with van der Waals surface area (Å²) in [5.41, 5.74) is 11.9. The van der Waals surface area contributed by atoms with Crippen molar-refractivity contribution in [2.75, 3.05) is 0 Å². The predicted molar refractivity (Wildman–Crippen MR) is 49.4 cm³/mol. The van der Waals surface area contributed by atoms with Gasteiger partial charge < -0.3 is 11.5 Å². The molecule has 1 aromatic rings. The van der Waals surface area contributed by atoms with Crippen molar-refractivity contribution in [1.82, 2.24) is 0 Å². The van der Waals surface area contributed by atoms with Gasteiger partial charge in [0.1, 0.15) is 0 Å². The van der Waals surface area contributed by atoms with Crippen molar-refractivity contribution in [3.8, 4) is 0 Å². The van der Waals surface area contributed by atoms with Gasteiger partial charge in [-0.2, -0.15) is 0 Å². The van der Waals surface area contributed by atoms with E-state index in [1.54, 1.807) is 0 Å². The summed E-state index contributed by atoms with van der Waals surface area (Å²) in [6, 6.07) is 3.27. The fourth-order valence-electron chi connectivity index (χ4n) is 1.49. The first-order valence-electron chi connectivity index (χ1n) is 4.52. The molecule has 76 valence electrons. The Labute approximate surface area is 80.9 Å². The van der Waals surface area contributed by atoms with E-state index in [9.17, 15) is 8.78 Å². The molecule has 1 aliphatic rings. The summed E-state index contributed by atoms with van der Waals surface area (Å²) >= 11 is 0. The molecule has 1 unspecified atom stereocenters. The molecule has 0 saturated heterocycles. The maximum atomic E-state index is 12.9. The number of nitrogens with two attached hydrogens (primary N) is 2. The average molecular weight is 198 g/mol. The van der Waals surface area contributed by atoms with Crippen LogP contribution in [0.15, 0.2) is 18.2 Å². The fourth-order valence-corrected chi connectivity index (χ4v) is 1.49. The van der Waals surface area contributed by atoms with Gasteiger partial charge in [0.2, 0.25) is 0 Å². The van der Waals surface area contributed by atoms with Crippen LogP contribution in [0.25, 0.3) is 0 Å². The van der Waals surface area contributed by atoms with Crippen molar-refractivity contribution in [1.29, 1.82) is 0 Å². The van der Waals surface area contributed by atoms with Gasteiger partial charge in [-0.15, -0.1) is 0 Å². The van der Waals surface area contributed by atoms with E-state index < -0.39 is 23.2 Å². The zero-order chi connectivity index (χ0) is 10.3. The molecule has 2 rings (SSSR count). The maximum Gasteiger partial charge on any atom is 0.159 e. The van der Waals surface area contributed by atoms with Crippen LogP contribution in [-0.2, 0) is 0 Å². The van der Waals surface area contributed by atoms with Gasteiger partial charge in [0, 0.05) is 11.6 Å². The molecule has 0 radical (unpaired) electrons. The molecule has 2 nitrogen and oxygen atoms in total. The highest BCUT2D eigenvalue weighted by atomic mass is 19.2. The van der Waals surface area contributed by atoms with Crippen molar-refractivity contribution in [2.24, 2.45) is 11.5 Å². The molecule has 1 saturated carbocycles. The first-order chi connectivity index (χ1) is 6.53. The molecule has 4 heteroatoms. The topological polar surface area (TPSA) is 52.0 Å². The van der Waals surface area contributed by atoms with E-state index in [0.29, 0.717) is 5.56 Å². The Bertz CT molecular complexity index is 361. The SMILES string of the molecule is NC(c1ccc(F)c(F)c1)C1(N)CC1. The van der Waals surface area contributed by atoms with Crippen LogP contribution in [0.5, 0.6) is 0 Å². The van der Waals surface area contributed by atoms with E-state index in [4.69, 9.17) is 11.5 Å². The molecule has 1 aromatic carbocycles. The van der Waals surface area contributed by atoms with Gasteiger partial charge >= 0.3 is 0 Å². The van der Waals surface area contributed by atoms with E-state index in [-0.39, 0.29) is 0 Å². The van der Waals surface area contributed by atoms with Crippen molar-refractivity contribution < 1.29 is 8.78 Å².